The Kier molecular flexibility index (Phi) is 79.0. The quantitative estimate of drug-likeness (QED) is 0.0211. The Morgan fingerprint density at radius 1 is 0.317 bits per heavy atom. The molecule has 0 saturated heterocycles. The number of unbranched alkanes of at least 4 members (excludes halogenated alkanes) is 54. The lowest BCUT2D eigenvalue weighted by Crippen LogP contribution is -2.37. The van der Waals surface area contributed by atoms with Crippen LogP contribution in [-0.2, 0) is 32.7 Å². The second-order valence-corrected chi connectivity index (χ2v) is 32.4. The number of carbonyl (C=O) groups excluding carboxylic acids is 2. The minimum absolute atomic E-state index is 0.0332. The number of hydrogen-bond donors (Lipinski definition) is 1. The maximum atomic E-state index is 12.9. The minimum Gasteiger partial charge on any atom is -0.462 e. The second kappa shape index (κ2) is 81.3. The van der Waals surface area contributed by atoms with E-state index in [0.717, 1.165) is 77.0 Å². The van der Waals surface area contributed by atoms with Gasteiger partial charge in [-0.2, -0.15) is 0 Å². The van der Waals surface area contributed by atoms with E-state index < -0.39 is 26.5 Å². The zero-order valence-electron chi connectivity index (χ0n) is 67.7. The Morgan fingerprint density at radius 3 is 0.842 bits per heavy atom. The van der Waals surface area contributed by atoms with Crippen molar-refractivity contribution in [3.05, 3.63) is 85.1 Å². The van der Waals surface area contributed by atoms with Gasteiger partial charge in [0.2, 0.25) is 0 Å². The maximum Gasteiger partial charge on any atom is 0.472 e. The molecule has 0 heterocycles. The van der Waals surface area contributed by atoms with Crippen molar-refractivity contribution in [3.63, 3.8) is 0 Å². The molecule has 1 N–H and O–H groups in total. The van der Waals surface area contributed by atoms with Gasteiger partial charge in [-0.25, -0.2) is 4.57 Å². The highest BCUT2D eigenvalue weighted by molar-refractivity contribution is 7.47. The number of nitrogens with zero attached hydrogens (tertiary/aromatic N) is 1. The van der Waals surface area contributed by atoms with Gasteiger partial charge in [0.1, 0.15) is 19.8 Å². The van der Waals surface area contributed by atoms with E-state index in [9.17, 15) is 19.0 Å². The lowest BCUT2D eigenvalue weighted by Gasteiger charge is -2.24. The number of allylic oxidation sites excluding steroid dienone is 14. The molecule has 0 aromatic rings. The van der Waals surface area contributed by atoms with Crippen molar-refractivity contribution in [2.45, 2.75) is 437 Å². The van der Waals surface area contributed by atoms with Crippen LogP contribution in [0, 0.1) is 0 Å². The predicted octanol–water partition coefficient (Wildman–Crippen LogP) is 29.6. The molecule has 0 spiro atoms. The predicted molar refractivity (Wildman–Crippen MR) is 441 cm³/mol. The topological polar surface area (TPSA) is 108 Å². The molecule has 10 heteroatoms. The van der Waals surface area contributed by atoms with Crippen LogP contribution in [0.2, 0.25) is 0 Å². The number of phosphoric acid groups is 1. The van der Waals surface area contributed by atoms with E-state index in [2.05, 4.69) is 98.9 Å². The first-order valence-electron chi connectivity index (χ1n) is 43.8. The third kappa shape index (κ3) is 86.0. The first kappa shape index (κ1) is 98.2. The molecule has 0 fully saturated rings. The summed E-state index contributed by atoms with van der Waals surface area (Å²) < 4.78 is 34.9. The fourth-order valence-electron chi connectivity index (χ4n) is 13.1. The molecule has 101 heavy (non-hydrogen) atoms. The summed E-state index contributed by atoms with van der Waals surface area (Å²) in [4.78, 5) is 36.1. The fraction of sp³-hybridized carbons (Fsp3) is 0.824. The van der Waals surface area contributed by atoms with Crippen molar-refractivity contribution in [2.24, 2.45) is 0 Å². The number of quaternary nitrogens is 1. The van der Waals surface area contributed by atoms with Gasteiger partial charge >= 0.3 is 19.8 Å². The van der Waals surface area contributed by atoms with Gasteiger partial charge in [0.15, 0.2) is 6.10 Å². The Bertz CT molecular complexity index is 1980. The van der Waals surface area contributed by atoms with Crippen molar-refractivity contribution in [3.8, 4) is 0 Å². The maximum absolute atomic E-state index is 12.9. The second-order valence-electron chi connectivity index (χ2n) is 30.9. The molecule has 0 aliphatic heterocycles. The normalized spacial score (nSPS) is 13.4. The average Bonchev–Trinajstić information content (AvgIpc) is 1.02. The van der Waals surface area contributed by atoms with Crippen LogP contribution in [0.15, 0.2) is 85.1 Å². The van der Waals surface area contributed by atoms with E-state index in [1.807, 2.05) is 21.1 Å². The van der Waals surface area contributed by atoms with Crippen LogP contribution in [0.1, 0.15) is 431 Å². The highest BCUT2D eigenvalue weighted by Gasteiger charge is 2.27. The van der Waals surface area contributed by atoms with Crippen LogP contribution in [0.25, 0.3) is 0 Å². The van der Waals surface area contributed by atoms with Crippen molar-refractivity contribution >= 4 is 19.8 Å². The van der Waals surface area contributed by atoms with Crippen molar-refractivity contribution < 1.29 is 42.1 Å². The van der Waals surface area contributed by atoms with Gasteiger partial charge in [-0.3, -0.25) is 18.6 Å². The lowest BCUT2D eigenvalue weighted by molar-refractivity contribution is -0.870. The van der Waals surface area contributed by atoms with Crippen LogP contribution in [0.3, 0.4) is 0 Å². The molecular formula is C91H169NO8P+. The summed E-state index contributed by atoms with van der Waals surface area (Å²) >= 11 is 0. The van der Waals surface area contributed by atoms with Crippen molar-refractivity contribution in [1.29, 1.82) is 0 Å². The number of likely N-dealkylation sites (N-methyl/N-ethyl adjacent to an activating group) is 1. The summed E-state index contributed by atoms with van der Waals surface area (Å²) in [6.45, 7) is 4.39. The molecule has 0 aliphatic rings. The first-order chi connectivity index (χ1) is 49.5. The highest BCUT2D eigenvalue weighted by atomic mass is 31.2. The van der Waals surface area contributed by atoms with Gasteiger partial charge in [0, 0.05) is 12.8 Å². The minimum atomic E-state index is -4.40. The molecule has 0 amide bonds. The fourth-order valence-corrected chi connectivity index (χ4v) is 13.8. The number of esters is 2. The monoisotopic (exact) mass is 1440 g/mol. The molecular weight excluding hydrogens is 1270 g/mol. The van der Waals surface area contributed by atoms with Crippen LogP contribution >= 0.6 is 7.82 Å². The molecule has 0 aromatic heterocycles. The molecule has 0 rings (SSSR count). The van der Waals surface area contributed by atoms with Gasteiger partial charge in [-0.1, -0.05) is 433 Å². The molecule has 2 unspecified atom stereocenters. The zero-order chi connectivity index (χ0) is 73.3. The Labute approximate surface area is 628 Å². The largest absolute Gasteiger partial charge is 0.472 e. The van der Waals surface area contributed by atoms with Gasteiger partial charge in [-0.05, 0) is 70.6 Å². The smallest absolute Gasteiger partial charge is 0.462 e. The van der Waals surface area contributed by atoms with E-state index in [4.69, 9.17) is 18.5 Å². The zero-order valence-corrected chi connectivity index (χ0v) is 68.5. The summed E-state index contributed by atoms with van der Waals surface area (Å²) in [5, 5.41) is 0. The molecule has 590 valence electrons. The summed E-state index contributed by atoms with van der Waals surface area (Å²) in [6.07, 6.45) is 113. The first-order valence-corrected chi connectivity index (χ1v) is 45.3. The molecule has 0 bridgehead atoms. The molecule has 2 atom stereocenters. The SMILES string of the molecule is CC/C=C\C/C=C\C/C=C\C/C=C\C/C=C\C/C=C\C/C=C\CCCCCCCCCCCCCCCCCCCCCC(=O)OC(COC(=O)CCCCCCCCCCCCCCCCCCCCCCCCCCCCCCCCCCCCCC)COP(=O)(O)OCC[N+](C)(C)C. The van der Waals surface area contributed by atoms with Crippen LogP contribution < -0.4 is 0 Å². The molecule has 0 aromatic carbocycles. The number of rotatable bonds is 82. The van der Waals surface area contributed by atoms with Crippen molar-refractivity contribution in [1.82, 2.24) is 0 Å². The van der Waals surface area contributed by atoms with Gasteiger partial charge in [0.05, 0.1) is 27.7 Å². The summed E-state index contributed by atoms with van der Waals surface area (Å²) in [6, 6.07) is 0. The third-order valence-corrected chi connectivity index (χ3v) is 20.7. The summed E-state index contributed by atoms with van der Waals surface area (Å²) in [7, 11) is 1.50. The van der Waals surface area contributed by atoms with E-state index in [1.165, 1.54) is 321 Å². The van der Waals surface area contributed by atoms with Crippen LogP contribution in [0.5, 0.6) is 0 Å². The Balaban J connectivity index is 3.88. The number of phosphoric ester groups is 1. The van der Waals surface area contributed by atoms with Gasteiger partial charge < -0.3 is 18.9 Å². The Morgan fingerprint density at radius 2 is 0.564 bits per heavy atom. The van der Waals surface area contributed by atoms with E-state index in [-0.39, 0.29) is 25.6 Å². The standard InChI is InChI=1S/C91H168NO8P/c1-6-8-10-12-14-16-18-20-22-24-26-28-30-32-34-36-38-40-42-44-45-46-47-48-50-52-54-56-58-60-62-64-66-68-70-72-74-76-78-80-82-84-91(94)100-89(88-99-101(95,96)98-86-85-92(3,4)5)87-97-90(93)83-81-79-77-75-73-71-69-67-65-63-61-59-57-55-53-51-49-43-41-39-37-35-33-31-29-27-25-23-21-19-17-15-13-11-9-7-2/h8,10,14,16,20,22,26,28,32,34,38,40,44-45,89H,6-7,9,11-13,15,17-19,21,23-25,27,29-31,33,35-37,39,41-43,46-88H2,1-5H3/p+1/b10-8-,16-14-,22-20-,28-26-,34-32-,40-38-,45-44-. The Hall–Kier alpha value is -2.81. The van der Waals surface area contributed by atoms with E-state index in [1.54, 1.807) is 0 Å². The lowest BCUT2D eigenvalue weighted by atomic mass is 10.0. The number of ether oxygens (including phenoxy) is 2. The molecule has 0 radical (unpaired) electrons. The van der Waals surface area contributed by atoms with Gasteiger partial charge in [-0.15, -0.1) is 0 Å². The van der Waals surface area contributed by atoms with Crippen LogP contribution in [0.4, 0.5) is 0 Å². The molecule has 0 saturated carbocycles. The molecule has 0 aliphatic carbocycles. The average molecular weight is 1440 g/mol. The van der Waals surface area contributed by atoms with Crippen LogP contribution in [-0.4, -0.2) is 74.9 Å². The molecule has 9 nitrogen and oxygen atoms in total. The van der Waals surface area contributed by atoms with E-state index >= 15 is 0 Å². The summed E-state index contributed by atoms with van der Waals surface area (Å²) in [5.41, 5.74) is 0. The van der Waals surface area contributed by atoms with E-state index in [0.29, 0.717) is 23.9 Å². The summed E-state index contributed by atoms with van der Waals surface area (Å²) in [5.74, 6) is -0.774. The van der Waals surface area contributed by atoms with Crippen molar-refractivity contribution in [2.75, 3.05) is 47.5 Å². The van der Waals surface area contributed by atoms with Gasteiger partial charge in [0.25, 0.3) is 0 Å². The number of hydrogen-bond acceptors (Lipinski definition) is 7. The number of carbonyl (C=O) groups is 2. The third-order valence-electron chi connectivity index (χ3n) is 19.7. The highest BCUT2D eigenvalue weighted by Crippen LogP contribution is 2.43.